The lowest BCUT2D eigenvalue weighted by atomic mass is 9.59. The lowest BCUT2D eigenvalue weighted by Gasteiger charge is -2.53. The molecule has 22 heavy (non-hydrogen) atoms. The average molecular weight is 308 g/mol. The first-order valence-electron chi connectivity index (χ1n) is 8.78. The largest absolute Gasteiger partial charge is 0.481 e. The summed E-state index contributed by atoms with van der Waals surface area (Å²) in [5.41, 5.74) is 0.385. The first-order valence-corrected chi connectivity index (χ1v) is 8.78. The third-order valence-corrected chi connectivity index (χ3v) is 6.42. The Morgan fingerprint density at radius 3 is 2.36 bits per heavy atom. The van der Waals surface area contributed by atoms with Crippen LogP contribution in [0.25, 0.3) is 0 Å². The third-order valence-electron chi connectivity index (χ3n) is 6.42. The zero-order valence-electron chi connectivity index (χ0n) is 13.5. The van der Waals surface area contributed by atoms with Crippen LogP contribution in [0.2, 0.25) is 0 Å². The van der Waals surface area contributed by atoms with Gasteiger partial charge in [0.2, 0.25) is 0 Å². The number of carboxylic acid groups (broad SMARTS) is 1. The van der Waals surface area contributed by atoms with Gasteiger partial charge in [-0.2, -0.15) is 0 Å². The number of nitrogens with zero attached hydrogens (tertiary/aromatic N) is 1. The molecule has 2 saturated carbocycles. The van der Waals surface area contributed by atoms with Crippen molar-refractivity contribution in [2.24, 2.45) is 17.3 Å². The van der Waals surface area contributed by atoms with Crippen molar-refractivity contribution in [1.29, 1.82) is 0 Å². The lowest BCUT2D eigenvalue weighted by Crippen LogP contribution is -2.56. The molecular formula is C17H28N2O3. The maximum atomic E-state index is 12.5. The molecule has 3 rings (SSSR count). The van der Waals surface area contributed by atoms with Crippen LogP contribution in [-0.2, 0) is 4.79 Å². The molecule has 1 spiro atoms. The summed E-state index contributed by atoms with van der Waals surface area (Å²) in [6.07, 6.45) is 7.89. The lowest BCUT2D eigenvalue weighted by molar-refractivity contribution is -0.142. The van der Waals surface area contributed by atoms with Gasteiger partial charge in [0.05, 0.1) is 5.92 Å². The minimum absolute atomic E-state index is 0.0666. The van der Waals surface area contributed by atoms with Crippen molar-refractivity contribution in [3.8, 4) is 0 Å². The molecule has 1 saturated heterocycles. The van der Waals surface area contributed by atoms with E-state index in [2.05, 4.69) is 12.2 Å². The topological polar surface area (TPSA) is 69.6 Å². The van der Waals surface area contributed by atoms with Crippen molar-refractivity contribution < 1.29 is 14.7 Å². The minimum Gasteiger partial charge on any atom is -0.481 e. The first kappa shape index (κ1) is 15.6. The molecule has 124 valence electrons. The van der Waals surface area contributed by atoms with Gasteiger partial charge in [0.15, 0.2) is 0 Å². The summed E-state index contributed by atoms with van der Waals surface area (Å²) in [6.45, 7) is 4.10. The summed E-state index contributed by atoms with van der Waals surface area (Å²) < 4.78 is 0. The second-order valence-corrected chi connectivity index (χ2v) is 7.66. The summed E-state index contributed by atoms with van der Waals surface area (Å²) in [6, 6.07) is 0.219. The number of amides is 2. The fourth-order valence-corrected chi connectivity index (χ4v) is 4.48. The van der Waals surface area contributed by atoms with Crippen LogP contribution in [0.5, 0.6) is 0 Å². The van der Waals surface area contributed by atoms with Gasteiger partial charge in [0, 0.05) is 19.1 Å². The van der Waals surface area contributed by atoms with Crippen LogP contribution in [0, 0.1) is 17.3 Å². The van der Waals surface area contributed by atoms with Crippen molar-refractivity contribution in [2.45, 2.75) is 64.3 Å². The van der Waals surface area contributed by atoms with Crippen LogP contribution in [-0.4, -0.2) is 41.1 Å². The predicted octanol–water partition coefficient (Wildman–Crippen LogP) is 2.85. The molecule has 3 fully saturated rings. The molecule has 2 N–H and O–H groups in total. The van der Waals surface area contributed by atoms with Crippen molar-refractivity contribution in [3.63, 3.8) is 0 Å². The second-order valence-electron chi connectivity index (χ2n) is 7.66. The van der Waals surface area contributed by atoms with Crippen molar-refractivity contribution in [3.05, 3.63) is 0 Å². The molecule has 2 amide bonds. The fraction of sp³-hybridized carbons (Fsp3) is 0.882. The van der Waals surface area contributed by atoms with Crippen LogP contribution in [0.1, 0.15) is 58.3 Å². The number of aliphatic carboxylic acids is 1. The maximum absolute atomic E-state index is 12.5. The van der Waals surface area contributed by atoms with Gasteiger partial charge in [-0.15, -0.1) is 0 Å². The normalized spacial score (nSPS) is 34.0. The Morgan fingerprint density at radius 2 is 1.82 bits per heavy atom. The molecule has 2 aliphatic carbocycles. The van der Waals surface area contributed by atoms with Crippen LogP contribution in [0.3, 0.4) is 0 Å². The maximum Gasteiger partial charge on any atom is 0.317 e. The predicted molar refractivity (Wildman–Crippen MR) is 83.6 cm³/mol. The summed E-state index contributed by atoms with van der Waals surface area (Å²) in [5.74, 6) is -0.180. The highest BCUT2D eigenvalue weighted by Crippen LogP contribution is 2.50. The molecule has 0 radical (unpaired) electrons. The Morgan fingerprint density at radius 1 is 1.14 bits per heavy atom. The van der Waals surface area contributed by atoms with E-state index in [0.29, 0.717) is 18.3 Å². The summed E-state index contributed by atoms with van der Waals surface area (Å²) in [7, 11) is 0. The molecule has 0 aromatic rings. The van der Waals surface area contributed by atoms with Gasteiger partial charge >= 0.3 is 12.0 Å². The summed E-state index contributed by atoms with van der Waals surface area (Å²) in [5, 5.41) is 12.2. The van der Waals surface area contributed by atoms with E-state index in [-0.39, 0.29) is 18.0 Å². The first-order chi connectivity index (χ1) is 10.5. The number of hydrogen-bond donors (Lipinski definition) is 2. The molecule has 5 nitrogen and oxygen atoms in total. The quantitative estimate of drug-likeness (QED) is 0.824. The van der Waals surface area contributed by atoms with E-state index >= 15 is 0 Å². The molecule has 5 heteroatoms. The SMILES string of the molecule is CC1CCN(C(=O)NC2CCC(C(=O)O)CC2)CC12CCC2. The standard InChI is InChI=1S/C17H28N2O3/c1-12-7-10-19(11-17(12)8-2-9-17)16(22)18-14-5-3-13(4-6-14)15(20)21/h12-14H,2-11H2,1H3,(H,18,22)(H,20,21). The number of urea groups is 1. The summed E-state index contributed by atoms with van der Waals surface area (Å²) in [4.78, 5) is 25.5. The van der Waals surface area contributed by atoms with Gasteiger partial charge < -0.3 is 15.3 Å². The van der Waals surface area contributed by atoms with Crippen LogP contribution >= 0.6 is 0 Å². The molecule has 1 heterocycles. The number of rotatable bonds is 2. The number of carbonyl (C=O) groups excluding carboxylic acids is 1. The van der Waals surface area contributed by atoms with Gasteiger partial charge in [0.1, 0.15) is 0 Å². The van der Waals surface area contributed by atoms with Gasteiger partial charge in [-0.25, -0.2) is 4.79 Å². The van der Waals surface area contributed by atoms with E-state index in [0.717, 1.165) is 38.3 Å². The van der Waals surface area contributed by atoms with E-state index in [9.17, 15) is 9.59 Å². The van der Waals surface area contributed by atoms with E-state index in [1.165, 1.54) is 19.3 Å². The molecule has 1 unspecified atom stereocenters. The highest BCUT2D eigenvalue weighted by atomic mass is 16.4. The Balaban J connectivity index is 1.49. The van der Waals surface area contributed by atoms with Crippen LogP contribution in [0.15, 0.2) is 0 Å². The Bertz CT molecular complexity index is 439. The third kappa shape index (κ3) is 2.95. The van der Waals surface area contributed by atoms with E-state index in [4.69, 9.17) is 5.11 Å². The van der Waals surface area contributed by atoms with Crippen LogP contribution < -0.4 is 5.32 Å². The van der Waals surface area contributed by atoms with Crippen LogP contribution in [0.4, 0.5) is 4.79 Å². The smallest absolute Gasteiger partial charge is 0.317 e. The van der Waals surface area contributed by atoms with E-state index < -0.39 is 5.97 Å². The highest BCUT2D eigenvalue weighted by molar-refractivity contribution is 5.75. The number of carboxylic acids is 1. The van der Waals surface area contributed by atoms with Crippen molar-refractivity contribution in [1.82, 2.24) is 10.2 Å². The van der Waals surface area contributed by atoms with E-state index in [1.807, 2.05) is 4.90 Å². The Hall–Kier alpha value is -1.26. The molecular weight excluding hydrogens is 280 g/mol. The number of hydrogen-bond acceptors (Lipinski definition) is 2. The number of piperidine rings is 1. The molecule has 0 aromatic carbocycles. The number of carbonyl (C=O) groups is 2. The molecule has 0 aromatic heterocycles. The van der Waals surface area contributed by atoms with Gasteiger partial charge in [-0.3, -0.25) is 4.79 Å². The minimum atomic E-state index is -0.693. The highest BCUT2D eigenvalue weighted by Gasteiger charge is 2.46. The van der Waals surface area contributed by atoms with Gasteiger partial charge in [-0.1, -0.05) is 13.3 Å². The Kier molecular flexibility index (Phi) is 4.33. The van der Waals surface area contributed by atoms with E-state index in [1.54, 1.807) is 0 Å². The fourth-order valence-electron chi connectivity index (χ4n) is 4.48. The summed E-state index contributed by atoms with van der Waals surface area (Å²) >= 11 is 0. The second kappa shape index (κ2) is 6.09. The average Bonchev–Trinajstić information content (AvgIpc) is 2.46. The van der Waals surface area contributed by atoms with Crippen molar-refractivity contribution in [2.75, 3.05) is 13.1 Å². The molecule has 0 bridgehead atoms. The zero-order valence-corrected chi connectivity index (χ0v) is 13.5. The zero-order chi connectivity index (χ0) is 15.7. The van der Waals surface area contributed by atoms with Crippen molar-refractivity contribution >= 4 is 12.0 Å². The molecule has 1 atom stereocenters. The van der Waals surface area contributed by atoms with Gasteiger partial charge in [-0.05, 0) is 56.3 Å². The van der Waals surface area contributed by atoms with Gasteiger partial charge in [0.25, 0.3) is 0 Å². The molecule has 1 aliphatic heterocycles. The number of likely N-dealkylation sites (tertiary alicyclic amines) is 1. The Labute approximate surface area is 132 Å². The molecule has 3 aliphatic rings. The monoisotopic (exact) mass is 308 g/mol. The number of nitrogens with one attached hydrogen (secondary N) is 1.